The average molecular weight is 472 g/mol. The second-order valence-electron chi connectivity index (χ2n) is 5.77. The van der Waals surface area contributed by atoms with E-state index in [9.17, 15) is 9.18 Å². The number of ether oxygens (including phenoxy) is 1. The Morgan fingerprint density at radius 3 is 2.41 bits per heavy atom. The van der Waals surface area contributed by atoms with Gasteiger partial charge in [-0.3, -0.25) is 5.43 Å². The molecular weight excluding hydrogens is 457 g/mol. The molecule has 3 aromatic carbocycles. The minimum absolute atomic E-state index is 0.270. The van der Waals surface area contributed by atoms with Gasteiger partial charge in [0, 0.05) is 10.2 Å². The summed E-state index contributed by atoms with van der Waals surface area (Å²) in [5.41, 5.74) is 4.55. The molecule has 146 valence electrons. The molecule has 2 N–H and O–H groups in total. The summed E-state index contributed by atoms with van der Waals surface area (Å²) >= 11 is 8.45. The van der Waals surface area contributed by atoms with Crippen LogP contribution in [0.3, 0.4) is 0 Å². The monoisotopic (exact) mass is 471 g/mol. The fraction of sp³-hybridized carbons (Fsp3) is 0. The first kappa shape index (κ1) is 20.6. The number of anilines is 1. The van der Waals surface area contributed by atoms with Gasteiger partial charge >= 0.3 is 5.97 Å². The number of rotatable bonds is 5. The number of carbonyl (C=O) groups is 1. The highest BCUT2D eigenvalue weighted by atomic mass is 79.9. The van der Waals surface area contributed by atoms with Crippen LogP contribution in [-0.2, 0) is 0 Å². The molecule has 0 amide bonds. The molecule has 0 aliphatic carbocycles. The van der Waals surface area contributed by atoms with Crippen LogP contribution in [0.2, 0.25) is 0 Å². The van der Waals surface area contributed by atoms with Crippen LogP contribution in [0.4, 0.5) is 10.1 Å². The summed E-state index contributed by atoms with van der Waals surface area (Å²) in [6.07, 6.45) is 1.57. The molecule has 0 aromatic heterocycles. The first-order valence-electron chi connectivity index (χ1n) is 8.44. The fourth-order valence-corrected chi connectivity index (χ4v) is 2.89. The van der Waals surface area contributed by atoms with Gasteiger partial charge in [-0.15, -0.1) is 0 Å². The molecule has 0 bridgehead atoms. The molecule has 0 radical (unpaired) electrons. The van der Waals surface area contributed by atoms with Crippen LogP contribution in [0.5, 0.6) is 5.75 Å². The highest BCUT2D eigenvalue weighted by molar-refractivity contribution is 9.10. The molecule has 8 heteroatoms. The summed E-state index contributed by atoms with van der Waals surface area (Å²) in [5.74, 6) is -0.347. The van der Waals surface area contributed by atoms with Gasteiger partial charge < -0.3 is 10.1 Å². The van der Waals surface area contributed by atoms with Crippen LogP contribution < -0.4 is 15.5 Å². The predicted octanol–water partition coefficient (Wildman–Crippen LogP) is 5.13. The van der Waals surface area contributed by atoms with E-state index in [0.29, 0.717) is 21.5 Å². The summed E-state index contributed by atoms with van der Waals surface area (Å²) in [5, 5.41) is 7.19. The number of thiocarbonyl (C=S) groups is 1. The second kappa shape index (κ2) is 9.90. The summed E-state index contributed by atoms with van der Waals surface area (Å²) < 4.78 is 18.9. The van der Waals surface area contributed by atoms with E-state index in [-0.39, 0.29) is 10.9 Å². The molecule has 29 heavy (non-hydrogen) atoms. The molecule has 0 saturated heterocycles. The minimum Gasteiger partial charge on any atom is -0.423 e. The van der Waals surface area contributed by atoms with E-state index in [4.69, 9.17) is 17.0 Å². The quantitative estimate of drug-likeness (QED) is 0.177. The maximum Gasteiger partial charge on any atom is 0.344 e. The molecule has 0 spiro atoms. The number of hydrogen-bond acceptors (Lipinski definition) is 4. The van der Waals surface area contributed by atoms with E-state index < -0.39 is 5.97 Å². The number of esters is 1. The zero-order valence-corrected chi connectivity index (χ0v) is 17.3. The highest BCUT2D eigenvalue weighted by Gasteiger charge is 2.11. The van der Waals surface area contributed by atoms with E-state index in [0.717, 1.165) is 5.56 Å². The van der Waals surface area contributed by atoms with Crippen LogP contribution in [0.15, 0.2) is 82.4 Å². The van der Waals surface area contributed by atoms with E-state index in [1.54, 1.807) is 60.8 Å². The number of hydrazone groups is 1. The van der Waals surface area contributed by atoms with Gasteiger partial charge in [0.25, 0.3) is 0 Å². The first-order valence-corrected chi connectivity index (χ1v) is 9.64. The molecule has 0 heterocycles. The minimum atomic E-state index is -0.447. The van der Waals surface area contributed by atoms with E-state index in [1.165, 1.54) is 12.1 Å². The Kier molecular flexibility index (Phi) is 7.04. The highest BCUT2D eigenvalue weighted by Crippen LogP contribution is 2.19. The predicted molar refractivity (Wildman–Crippen MR) is 119 cm³/mol. The van der Waals surface area contributed by atoms with Crippen LogP contribution >= 0.6 is 28.1 Å². The van der Waals surface area contributed by atoms with Gasteiger partial charge in [-0.2, -0.15) is 5.10 Å². The molecule has 0 atom stereocenters. The lowest BCUT2D eigenvalue weighted by Gasteiger charge is -2.07. The van der Waals surface area contributed by atoms with Crippen molar-refractivity contribution in [2.45, 2.75) is 0 Å². The second-order valence-corrected chi connectivity index (χ2v) is 7.03. The third kappa shape index (κ3) is 6.20. The topological polar surface area (TPSA) is 62.7 Å². The Morgan fingerprint density at radius 2 is 1.72 bits per heavy atom. The van der Waals surface area contributed by atoms with Gasteiger partial charge in [0.2, 0.25) is 0 Å². The Bertz CT molecular complexity index is 1040. The third-order valence-electron chi connectivity index (χ3n) is 3.67. The van der Waals surface area contributed by atoms with Crippen molar-refractivity contribution in [1.29, 1.82) is 0 Å². The average Bonchev–Trinajstić information content (AvgIpc) is 2.71. The summed E-state index contributed by atoms with van der Waals surface area (Å²) in [4.78, 5) is 12.2. The van der Waals surface area contributed by atoms with E-state index in [1.807, 2.05) is 6.07 Å². The fourth-order valence-electron chi connectivity index (χ4n) is 2.27. The molecule has 5 nitrogen and oxygen atoms in total. The van der Waals surface area contributed by atoms with E-state index in [2.05, 4.69) is 31.8 Å². The maximum atomic E-state index is 12.9. The van der Waals surface area contributed by atoms with Gasteiger partial charge in [0.15, 0.2) is 5.11 Å². The first-order chi connectivity index (χ1) is 14.0. The molecule has 0 fully saturated rings. The van der Waals surface area contributed by atoms with Crippen LogP contribution in [0, 0.1) is 5.82 Å². The van der Waals surface area contributed by atoms with Crippen molar-refractivity contribution in [3.05, 3.63) is 94.2 Å². The Labute approximate surface area is 180 Å². The van der Waals surface area contributed by atoms with Crippen molar-refractivity contribution in [3.63, 3.8) is 0 Å². The lowest BCUT2D eigenvalue weighted by Crippen LogP contribution is -2.23. The largest absolute Gasteiger partial charge is 0.423 e. The molecule has 3 rings (SSSR count). The molecular formula is C21H15BrFN3O2S. The normalized spacial score (nSPS) is 10.6. The lowest BCUT2D eigenvalue weighted by atomic mass is 10.2. The number of nitrogens with one attached hydrogen (secondary N) is 2. The summed E-state index contributed by atoms with van der Waals surface area (Å²) in [6.45, 7) is 0. The van der Waals surface area contributed by atoms with Gasteiger partial charge in [0.05, 0.1) is 11.8 Å². The van der Waals surface area contributed by atoms with Crippen LogP contribution in [0.25, 0.3) is 0 Å². The van der Waals surface area contributed by atoms with Gasteiger partial charge in [-0.05, 0) is 94.4 Å². The molecule has 0 aliphatic rings. The standard InChI is InChI=1S/C21H15BrFN3O2S/c22-19-4-2-1-3-18(19)20(27)28-17-11-5-14(6-12-17)13-24-26-21(29)25-16-9-7-15(23)8-10-16/h1-13H,(H2,25,26,29)/b24-13-. The lowest BCUT2D eigenvalue weighted by molar-refractivity contribution is 0.0734. The van der Waals surface area contributed by atoms with Gasteiger partial charge in [0.1, 0.15) is 11.6 Å². The SMILES string of the molecule is O=C(Oc1ccc(/C=N\NC(=S)Nc2ccc(F)cc2)cc1)c1ccccc1Br. The van der Waals surface area contributed by atoms with Gasteiger partial charge in [-0.1, -0.05) is 12.1 Å². The zero-order chi connectivity index (χ0) is 20.6. The smallest absolute Gasteiger partial charge is 0.344 e. The maximum absolute atomic E-state index is 12.9. The van der Waals surface area contributed by atoms with Crippen molar-refractivity contribution in [2.24, 2.45) is 5.10 Å². The van der Waals surface area contributed by atoms with Crippen molar-refractivity contribution < 1.29 is 13.9 Å². The van der Waals surface area contributed by atoms with Crippen molar-refractivity contribution in [2.75, 3.05) is 5.32 Å². The van der Waals surface area contributed by atoms with Gasteiger partial charge in [-0.25, -0.2) is 9.18 Å². The Morgan fingerprint density at radius 1 is 1.03 bits per heavy atom. The molecule has 0 saturated carbocycles. The Hall–Kier alpha value is -3.10. The molecule has 3 aromatic rings. The van der Waals surface area contributed by atoms with Crippen molar-refractivity contribution >= 4 is 51.1 Å². The molecule has 0 aliphatic heterocycles. The summed E-state index contributed by atoms with van der Waals surface area (Å²) in [7, 11) is 0. The van der Waals surface area contributed by atoms with E-state index >= 15 is 0 Å². The summed E-state index contributed by atoms with van der Waals surface area (Å²) in [6, 6.07) is 19.7. The number of nitrogens with zero attached hydrogens (tertiary/aromatic N) is 1. The number of carbonyl (C=O) groups excluding carboxylic acids is 1. The van der Waals surface area contributed by atoms with Crippen molar-refractivity contribution in [3.8, 4) is 5.75 Å². The van der Waals surface area contributed by atoms with Crippen LogP contribution in [-0.4, -0.2) is 17.3 Å². The van der Waals surface area contributed by atoms with Crippen molar-refractivity contribution in [1.82, 2.24) is 5.43 Å². The van der Waals surface area contributed by atoms with Crippen LogP contribution in [0.1, 0.15) is 15.9 Å². The Balaban J connectivity index is 1.52. The molecule has 0 unspecified atom stereocenters. The number of halogens is 2. The third-order valence-corrected chi connectivity index (χ3v) is 4.55. The zero-order valence-electron chi connectivity index (χ0n) is 14.9. The number of hydrogen-bond donors (Lipinski definition) is 2. The number of benzene rings is 3.